The first kappa shape index (κ1) is 24.9. The molecule has 2 heterocycles. The number of amides is 2. The molecule has 1 unspecified atom stereocenters. The summed E-state index contributed by atoms with van der Waals surface area (Å²) in [6, 6.07) is 11.7. The number of ether oxygens (including phenoxy) is 1. The Labute approximate surface area is 212 Å². The lowest BCUT2D eigenvalue weighted by Crippen LogP contribution is -2.54. The first-order valence-corrected chi connectivity index (χ1v) is 12.5. The van der Waals surface area contributed by atoms with Crippen molar-refractivity contribution in [1.82, 2.24) is 5.32 Å². The van der Waals surface area contributed by atoms with Crippen LogP contribution in [-0.2, 0) is 16.0 Å². The molecule has 184 valence electrons. The molecule has 2 aliphatic heterocycles. The van der Waals surface area contributed by atoms with E-state index in [-0.39, 0.29) is 16.2 Å². The standard InChI is InChI=1S/C28H33N3O3S/c1-7-18-9-11-20(12-10-18)31-26(33)22(25(32)29-27(31)35)14-19-13-21-17(3)16-28(4,5)30(8-2)23(21)15-24(19)34-6/h9-15,17H,7-8,16H2,1-6H3,(H,29,32,35)/b22-14-. The number of hydrogen-bond donors (Lipinski definition) is 1. The molecule has 1 atom stereocenters. The van der Waals surface area contributed by atoms with Crippen molar-refractivity contribution in [2.45, 2.75) is 58.9 Å². The topological polar surface area (TPSA) is 61.9 Å². The number of methoxy groups -OCH3 is 1. The molecule has 0 aliphatic carbocycles. The number of benzene rings is 2. The monoisotopic (exact) mass is 491 g/mol. The highest BCUT2D eigenvalue weighted by molar-refractivity contribution is 7.80. The Hall–Kier alpha value is -3.19. The maximum Gasteiger partial charge on any atom is 0.270 e. The summed E-state index contributed by atoms with van der Waals surface area (Å²) in [6.45, 7) is 11.8. The van der Waals surface area contributed by atoms with Crippen LogP contribution in [0.25, 0.3) is 6.08 Å². The summed E-state index contributed by atoms with van der Waals surface area (Å²) < 4.78 is 5.72. The van der Waals surface area contributed by atoms with Gasteiger partial charge in [-0.05, 0) is 87.2 Å². The van der Waals surface area contributed by atoms with E-state index in [1.165, 1.54) is 10.5 Å². The Kier molecular flexibility index (Phi) is 6.73. The number of hydrogen-bond acceptors (Lipinski definition) is 5. The third-order valence-electron chi connectivity index (χ3n) is 7.06. The van der Waals surface area contributed by atoms with Crippen LogP contribution in [0.3, 0.4) is 0 Å². The molecule has 1 saturated heterocycles. The van der Waals surface area contributed by atoms with Crippen molar-refractivity contribution in [2.75, 3.05) is 23.5 Å². The predicted octanol–water partition coefficient (Wildman–Crippen LogP) is 5.20. The van der Waals surface area contributed by atoms with Gasteiger partial charge in [0.1, 0.15) is 11.3 Å². The van der Waals surface area contributed by atoms with Gasteiger partial charge in [0.15, 0.2) is 5.11 Å². The highest BCUT2D eigenvalue weighted by Gasteiger charge is 2.37. The van der Waals surface area contributed by atoms with Gasteiger partial charge in [0, 0.05) is 29.4 Å². The molecule has 2 aromatic carbocycles. The SMILES string of the molecule is CCc1ccc(N2C(=O)/C(=C\c3cc4c(cc3OC)N(CC)C(C)(C)CC4C)C(=O)NC2=S)cc1. The third kappa shape index (κ3) is 4.45. The summed E-state index contributed by atoms with van der Waals surface area (Å²) in [5.74, 6) is -0.0206. The largest absolute Gasteiger partial charge is 0.496 e. The van der Waals surface area contributed by atoms with Gasteiger partial charge in [-0.2, -0.15) is 0 Å². The van der Waals surface area contributed by atoms with Gasteiger partial charge in [-0.1, -0.05) is 26.0 Å². The molecule has 0 saturated carbocycles. The van der Waals surface area contributed by atoms with Crippen molar-refractivity contribution in [3.05, 3.63) is 58.7 Å². The number of nitrogens with one attached hydrogen (secondary N) is 1. The summed E-state index contributed by atoms with van der Waals surface area (Å²) in [4.78, 5) is 30.1. The minimum absolute atomic E-state index is 0.0209. The fraction of sp³-hybridized carbons (Fsp3) is 0.393. The summed E-state index contributed by atoms with van der Waals surface area (Å²) in [6.07, 6.45) is 3.52. The van der Waals surface area contributed by atoms with E-state index in [0.717, 1.165) is 30.6 Å². The molecule has 1 fully saturated rings. The second-order valence-electron chi connectivity index (χ2n) is 9.79. The smallest absolute Gasteiger partial charge is 0.270 e. The van der Waals surface area contributed by atoms with Crippen molar-refractivity contribution in [2.24, 2.45) is 0 Å². The van der Waals surface area contributed by atoms with E-state index < -0.39 is 11.8 Å². The number of nitrogens with zero attached hydrogens (tertiary/aromatic N) is 2. The minimum Gasteiger partial charge on any atom is -0.496 e. The normalized spacial score (nSPS) is 20.7. The molecule has 7 heteroatoms. The molecule has 6 nitrogen and oxygen atoms in total. The number of anilines is 2. The van der Waals surface area contributed by atoms with Gasteiger partial charge in [0.05, 0.1) is 12.8 Å². The lowest BCUT2D eigenvalue weighted by Gasteiger charge is -2.47. The minimum atomic E-state index is -0.509. The third-order valence-corrected chi connectivity index (χ3v) is 7.34. The highest BCUT2D eigenvalue weighted by Crippen LogP contribution is 2.46. The van der Waals surface area contributed by atoms with E-state index in [9.17, 15) is 9.59 Å². The molecular formula is C28H33N3O3S. The first-order valence-electron chi connectivity index (χ1n) is 12.1. The lowest BCUT2D eigenvalue weighted by molar-refractivity contribution is -0.122. The maximum absolute atomic E-state index is 13.5. The van der Waals surface area contributed by atoms with Crippen molar-refractivity contribution >= 4 is 46.6 Å². The average molecular weight is 492 g/mol. The number of rotatable bonds is 5. The Balaban J connectivity index is 1.79. The molecule has 0 radical (unpaired) electrons. The summed E-state index contributed by atoms with van der Waals surface area (Å²) in [5, 5.41) is 2.75. The van der Waals surface area contributed by atoms with Gasteiger partial charge >= 0.3 is 0 Å². The van der Waals surface area contributed by atoms with Crippen LogP contribution in [0.4, 0.5) is 11.4 Å². The van der Waals surface area contributed by atoms with Crippen molar-refractivity contribution in [3.63, 3.8) is 0 Å². The van der Waals surface area contributed by atoms with Crippen molar-refractivity contribution < 1.29 is 14.3 Å². The Morgan fingerprint density at radius 3 is 2.46 bits per heavy atom. The molecule has 4 rings (SSSR count). The fourth-order valence-electron chi connectivity index (χ4n) is 5.34. The fourth-order valence-corrected chi connectivity index (χ4v) is 5.62. The van der Waals surface area contributed by atoms with Crippen LogP contribution in [0.2, 0.25) is 0 Å². The van der Waals surface area contributed by atoms with Crippen molar-refractivity contribution in [1.29, 1.82) is 0 Å². The Morgan fingerprint density at radius 2 is 1.86 bits per heavy atom. The maximum atomic E-state index is 13.5. The van der Waals surface area contributed by atoms with Crippen LogP contribution in [-0.4, -0.2) is 36.1 Å². The van der Waals surface area contributed by atoms with E-state index >= 15 is 0 Å². The van der Waals surface area contributed by atoms with Crippen LogP contribution in [0.1, 0.15) is 63.6 Å². The van der Waals surface area contributed by atoms with Crippen LogP contribution >= 0.6 is 12.2 Å². The number of fused-ring (bicyclic) bond motifs is 1. The van der Waals surface area contributed by atoms with Gasteiger partial charge in [0.2, 0.25) is 0 Å². The zero-order valence-corrected chi connectivity index (χ0v) is 22.1. The van der Waals surface area contributed by atoms with Crippen LogP contribution in [0.15, 0.2) is 42.0 Å². The van der Waals surface area contributed by atoms with E-state index in [4.69, 9.17) is 17.0 Å². The second-order valence-corrected chi connectivity index (χ2v) is 10.2. The lowest BCUT2D eigenvalue weighted by atomic mass is 9.79. The number of aryl methyl sites for hydroxylation is 1. The van der Waals surface area contributed by atoms with Crippen LogP contribution in [0, 0.1) is 0 Å². The highest BCUT2D eigenvalue weighted by atomic mass is 32.1. The molecule has 0 bridgehead atoms. The molecule has 2 amide bonds. The predicted molar refractivity (Wildman–Crippen MR) is 145 cm³/mol. The Bertz CT molecular complexity index is 1220. The zero-order chi connectivity index (χ0) is 25.5. The van der Waals surface area contributed by atoms with Gasteiger partial charge in [-0.25, -0.2) is 0 Å². The molecule has 35 heavy (non-hydrogen) atoms. The molecule has 2 aliphatic rings. The zero-order valence-electron chi connectivity index (χ0n) is 21.3. The molecule has 0 spiro atoms. The van der Waals surface area contributed by atoms with Gasteiger partial charge in [-0.3, -0.25) is 19.8 Å². The number of carbonyl (C=O) groups is 2. The van der Waals surface area contributed by atoms with Crippen LogP contribution in [0.5, 0.6) is 5.75 Å². The molecule has 2 aromatic rings. The first-order chi connectivity index (χ1) is 16.6. The number of carbonyl (C=O) groups excluding carboxylic acids is 2. The summed E-state index contributed by atoms with van der Waals surface area (Å²) >= 11 is 5.35. The molecule has 1 N–H and O–H groups in total. The number of thiocarbonyl (C=S) groups is 1. The van der Waals surface area contributed by atoms with E-state index in [1.807, 2.05) is 30.3 Å². The van der Waals surface area contributed by atoms with Gasteiger partial charge in [-0.15, -0.1) is 0 Å². The molecule has 0 aromatic heterocycles. The average Bonchev–Trinajstić information content (AvgIpc) is 2.81. The quantitative estimate of drug-likeness (QED) is 0.354. The van der Waals surface area contributed by atoms with E-state index in [1.54, 1.807) is 13.2 Å². The van der Waals surface area contributed by atoms with E-state index in [2.05, 4.69) is 50.9 Å². The van der Waals surface area contributed by atoms with Crippen LogP contribution < -0.4 is 19.9 Å². The van der Waals surface area contributed by atoms with Gasteiger partial charge < -0.3 is 9.64 Å². The molecular weight excluding hydrogens is 458 g/mol. The Morgan fingerprint density at radius 1 is 1.17 bits per heavy atom. The van der Waals surface area contributed by atoms with Crippen molar-refractivity contribution in [3.8, 4) is 5.75 Å². The summed E-state index contributed by atoms with van der Waals surface area (Å²) in [5.41, 5.74) is 4.83. The second kappa shape index (κ2) is 9.46. The van der Waals surface area contributed by atoms with E-state index in [0.29, 0.717) is 22.9 Å². The van der Waals surface area contributed by atoms with Gasteiger partial charge in [0.25, 0.3) is 11.8 Å². The summed E-state index contributed by atoms with van der Waals surface area (Å²) in [7, 11) is 1.61.